The highest BCUT2D eigenvalue weighted by atomic mass is 16.7. The fraction of sp³-hybridized carbons (Fsp3) is 0.564. The van der Waals surface area contributed by atoms with Crippen LogP contribution in [-0.2, 0) is 25.4 Å². The Bertz CT molecular complexity index is 1980. The highest BCUT2D eigenvalue weighted by molar-refractivity contribution is 5.91. The summed E-state index contributed by atoms with van der Waals surface area (Å²) in [5.41, 5.74) is 0.116. The molecule has 3 aliphatic rings. The summed E-state index contributed by atoms with van der Waals surface area (Å²) in [5, 5.41) is 105. The Hall–Kier alpha value is -3.93. The van der Waals surface area contributed by atoms with Gasteiger partial charge in [-0.05, 0) is 58.4 Å². The number of phenols is 1. The third-order valence-corrected chi connectivity index (χ3v) is 10.4. The molecule has 3 aromatic rings. The quantitative estimate of drug-likeness (QED) is 0.103. The normalized spacial score (nSPS) is 35.4. The molecular formula is C39H50O19. The number of ether oxygens (including phenoxy) is 7. The molecule has 15 atom stereocenters. The first kappa shape index (κ1) is 43.6. The minimum atomic E-state index is -1.91. The molecule has 0 amide bonds. The molecule has 19 nitrogen and oxygen atoms in total. The van der Waals surface area contributed by atoms with Gasteiger partial charge in [0.25, 0.3) is 0 Å². The van der Waals surface area contributed by atoms with Crippen molar-refractivity contribution in [3.63, 3.8) is 0 Å². The van der Waals surface area contributed by atoms with E-state index >= 15 is 0 Å². The Morgan fingerprint density at radius 1 is 0.759 bits per heavy atom. The molecular weight excluding hydrogens is 772 g/mol. The van der Waals surface area contributed by atoms with Crippen molar-refractivity contribution in [1.29, 1.82) is 0 Å². The number of aliphatic hydroxyl groups is 9. The van der Waals surface area contributed by atoms with Gasteiger partial charge in [0, 0.05) is 17.2 Å². The molecule has 10 N–H and O–H groups in total. The van der Waals surface area contributed by atoms with Gasteiger partial charge in [-0.3, -0.25) is 4.79 Å². The Labute approximate surface area is 331 Å². The molecule has 3 aliphatic heterocycles. The van der Waals surface area contributed by atoms with E-state index in [1.54, 1.807) is 30.3 Å². The van der Waals surface area contributed by atoms with Crippen molar-refractivity contribution >= 4 is 11.0 Å². The van der Waals surface area contributed by atoms with E-state index < -0.39 is 121 Å². The van der Waals surface area contributed by atoms with Gasteiger partial charge in [-0.2, -0.15) is 0 Å². The van der Waals surface area contributed by atoms with Gasteiger partial charge in [0.05, 0.1) is 25.9 Å². The average molecular weight is 823 g/mol. The van der Waals surface area contributed by atoms with Crippen LogP contribution >= 0.6 is 0 Å². The maximum atomic E-state index is 14.6. The largest absolute Gasteiger partial charge is 0.507 e. The number of methoxy groups -OCH3 is 1. The summed E-state index contributed by atoms with van der Waals surface area (Å²) in [6.45, 7) is 5.79. The molecule has 0 radical (unpaired) electrons. The lowest BCUT2D eigenvalue weighted by atomic mass is 9.97. The van der Waals surface area contributed by atoms with Gasteiger partial charge in [-0.1, -0.05) is 11.6 Å². The molecule has 0 aliphatic carbocycles. The summed E-state index contributed by atoms with van der Waals surface area (Å²) < 4.78 is 46.4. The fourth-order valence-electron chi connectivity index (χ4n) is 6.98. The number of allylic oxidation sites excluding steroid dienone is 2. The second-order valence-electron chi connectivity index (χ2n) is 14.8. The summed E-state index contributed by atoms with van der Waals surface area (Å²) >= 11 is 0. The number of aliphatic hydroxyl groups excluding tert-OH is 9. The minimum Gasteiger partial charge on any atom is -0.507 e. The summed E-state index contributed by atoms with van der Waals surface area (Å²) in [6.07, 6.45) is -21.6. The lowest BCUT2D eigenvalue weighted by molar-refractivity contribution is -0.345. The molecule has 0 bridgehead atoms. The standard InChI is InChI=1S/C39H50O19/c1-14(2)6-11-19-21(54-39-31(49)28(46)25(43)22(13-40)55-39)12-20(41)23-26(44)36(34(56-35(19)23)17-7-9-18(51-5)10-8-17)58-38-32(50)29(47)33(16(4)53-38)57-37-30(48)27(45)24(42)15(3)52-37/h6-10,12,15-16,22,24-25,27-33,37-43,45-50H,11,13H2,1-5H3/t15-,16-,22+,24-,25+,27+,28-,29-,30+,31+,32+,33-,37-,38-,39+/m0/s1. The van der Waals surface area contributed by atoms with Crippen LogP contribution in [0.1, 0.15) is 33.3 Å². The number of fused-ring (bicyclic) bond motifs is 1. The van der Waals surface area contributed by atoms with Crippen LogP contribution in [0.5, 0.6) is 23.0 Å². The van der Waals surface area contributed by atoms with Crippen molar-refractivity contribution in [2.45, 2.75) is 126 Å². The van der Waals surface area contributed by atoms with E-state index in [0.29, 0.717) is 5.75 Å². The zero-order valence-electron chi connectivity index (χ0n) is 32.2. The second-order valence-corrected chi connectivity index (χ2v) is 14.8. The highest BCUT2D eigenvalue weighted by Crippen LogP contribution is 2.42. The molecule has 6 rings (SSSR count). The van der Waals surface area contributed by atoms with Crippen molar-refractivity contribution in [3.8, 4) is 34.3 Å². The first-order valence-corrected chi connectivity index (χ1v) is 18.6. The Morgan fingerprint density at radius 2 is 1.36 bits per heavy atom. The molecule has 3 saturated heterocycles. The van der Waals surface area contributed by atoms with Gasteiger partial charge in [0.1, 0.15) is 89.3 Å². The number of rotatable bonds is 11. The van der Waals surface area contributed by atoms with Crippen molar-refractivity contribution in [2.75, 3.05) is 13.7 Å². The smallest absolute Gasteiger partial charge is 0.239 e. The Kier molecular flexibility index (Phi) is 13.3. The maximum Gasteiger partial charge on any atom is 0.239 e. The first-order chi connectivity index (χ1) is 27.5. The van der Waals surface area contributed by atoms with Crippen LogP contribution in [-0.4, -0.2) is 157 Å². The van der Waals surface area contributed by atoms with Crippen LogP contribution in [0.4, 0.5) is 0 Å². The van der Waals surface area contributed by atoms with E-state index in [4.69, 9.17) is 37.6 Å². The van der Waals surface area contributed by atoms with Gasteiger partial charge in [0.15, 0.2) is 12.1 Å². The van der Waals surface area contributed by atoms with Crippen LogP contribution in [0, 0.1) is 0 Å². The predicted molar refractivity (Wildman–Crippen MR) is 198 cm³/mol. The Morgan fingerprint density at radius 3 is 2.00 bits per heavy atom. The van der Waals surface area contributed by atoms with Crippen molar-refractivity contribution in [1.82, 2.24) is 0 Å². The van der Waals surface area contributed by atoms with Crippen LogP contribution in [0.3, 0.4) is 0 Å². The molecule has 320 valence electrons. The van der Waals surface area contributed by atoms with E-state index in [9.17, 15) is 55.9 Å². The summed E-state index contributed by atoms with van der Waals surface area (Å²) in [6, 6.07) is 7.29. The molecule has 19 heteroatoms. The molecule has 1 aromatic heterocycles. The molecule has 0 spiro atoms. The van der Waals surface area contributed by atoms with Crippen LogP contribution in [0.15, 0.2) is 51.2 Å². The van der Waals surface area contributed by atoms with Gasteiger partial charge < -0.3 is 88.6 Å². The van der Waals surface area contributed by atoms with E-state index in [1.807, 2.05) is 13.8 Å². The summed E-state index contributed by atoms with van der Waals surface area (Å²) in [7, 11) is 1.45. The van der Waals surface area contributed by atoms with Gasteiger partial charge in [-0.15, -0.1) is 0 Å². The van der Waals surface area contributed by atoms with E-state index in [0.717, 1.165) is 11.6 Å². The minimum absolute atomic E-state index is 0.0286. The van der Waals surface area contributed by atoms with Crippen molar-refractivity contribution in [3.05, 3.63) is 57.8 Å². The number of hydrogen-bond donors (Lipinski definition) is 10. The molecule has 58 heavy (non-hydrogen) atoms. The fourth-order valence-corrected chi connectivity index (χ4v) is 6.98. The molecule has 0 saturated carbocycles. The zero-order chi connectivity index (χ0) is 42.3. The molecule has 3 fully saturated rings. The summed E-state index contributed by atoms with van der Waals surface area (Å²) in [4.78, 5) is 14.6. The predicted octanol–water partition coefficient (Wildman–Crippen LogP) is -1.08. The lowest BCUT2D eigenvalue weighted by Gasteiger charge is -2.45. The van der Waals surface area contributed by atoms with Gasteiger partial charge in [0.2, 0.25) is 23.8 Å². The van der Waals surface area contributed by atoms with E-state index in [2.05, 4.69) is 0 Å². The zero-order valence-corrected chi connectivity index (χ0v) is 32.2. The monoisotopic (exact) mass is 822 g/mol. The third-order valence-electron chi connectivity index (χ3n) is 10.4. The number of benzene rings is 2. The van der Waals surface area contributed by atoms with Crippen LogP contribution < -0.4 is 19.6 Å². The third kappa shape index (κ3) is 8.41. The van der Waals surface area contributed by atoms with E-state index in [-0.39, 0.29) is 34.6 Å². The first-order valence-electron chi connectivity index (χ1n) is 18.6. The number of phenolic OH excluding ortho intramolecular Hbond substituents is 1. The molecule has 2 aromatic carbocycles. The number of aromatic hydroxyl groups is 1. The van der Waals surface area contributed by atoms with Crippen molar-refractivity contribution in [2.24, 2.45) is 0 Å². The lowest BCUT2D eigenvalue weighted by Crippen LogP contribution is -2.63. The Balaban J connectivity index is 1.42. The van der Waals surface area contributed by atoms with E-state index in [1.165, 1.54) is 21.0 Å². The number of hydrogen-bond acceptors (Lipinski definition) is 19. The van der Waals surface area contributed by atoms with Crippen molar-refractivity contribution < 1.29 is 88.6 Å². The SMILES string of the molecule is COc1ccc(-c2oc3c(CC=C(C)C)c(O[C@@H]4O[C@H](CO)[C@@H](O)[C@H](O)[C@H]4O)cc(O)c3c(=O)c2O[C@@H]2O[C@@H](C)[C@H](O[C@@H]3O[C@@H](C)[C@H](O)[C@@H](O)[C@H]3O)[C@@H](O)[C@H]2O)cc1. The average Bonchev–Trinajstić information content (AvgIpc) is 3.19. The van der Waals surface area contributed by atoms with Crippen LogP contribution in [0.2, 0.25) is 0 Å². The highest BCUT2D eigenvalue weighted by Gasteiger charge is 2.50. The molecule has 4 heterocycles. The second kappa shape index (κ2) is 17.7. The molecule has 0 unspecified atom stereocenters. The summed E-state index contributed by atoms with van der Waals surface area (Å²) in [5.74, 6) is -1.16. The van der Waals surface area contributed by atoms with Gasteiger partial charge >= 0.3 is 0 Å². The maximum absolute atomic E-state index is 14.6. The van der Waals surface area contributed by atoms with Gasteiger partial charge in [-0.25, -0.2) is 0 Å². The topological polar surface area (TPSA) is 297 Å². The van der Waals surface area contributed by atoms with Crippen LogP contribution in [0.25, 0.3) is 22.3 Å².